The van der Waals surface area contributed by atoms with Gasteiger partial charge in [0.1, 0.15) is 0 Å². The molecular formula is C12H22N2O3. The maximum atomic E-state index is 11.7. The molecule has 0 radical (unpaired) electrons. The molecular weight excluding hydrogens is 220 g/mol. The number of carboxylic acids is 1. The molecule has 5 nitrogen and oxygen atoms in total. The molecule has 1 aliphatic rings. The first-order valence-corrected chi connectivity index (χ1v) is 6.23. The van der Waals surface area contributed by atoms with Crippen LogP contribution in [0.4, 0.5) is 4.79 Å². The molecule has 0 aromatic heterocycles. The van der Waals surface area contributed by atoms with Crippen LogP contribution in [0.25, 0.3) is 0 Å². The fourth-order valence-corrected chi connectivity index (χ4v) is 2.20. The topological polar surface area (TPSA) is 69.6 Å². The lowest BCUT2D eigenvalue weighted by Crippen LogP contribution is -2.45. The second-order valence-corrected chi connectivity index (χ2v) is 4.90. The zero-order valence-corrected chi connectivity index (χ0v) is 10.6. The first-order chi connectivity index (χ1) is 8.00. The lowest BCUT2D eigenvalue weighted by Gasteiger charge is -2.33. The molecule has 1 saturated carbocycles. The van der Waals surface area contributed by atoms with Crippen molar-refractivity contribution in [3.8, 4) is 0 Å². The SMILES string of the molecule is CC1CCC(N(C)C(=O)NCCC(=O)O)CC1. The Bertz CT molecular complexity index is 273. The van der Waals surface area contributed by atoms with E-state index in [1.54, 1.807) is 11.9 Å². The molecule has 0 spiro atoms. The van der Waals surface area contributed by atoms with Gasteiger partial charge in [-0.3, -0.25) is 4.79 Å². The van der Waals surface area contributed by atoms with E-state index < -0.39 is 5.97 Å². The number of carboxylic acid groups (broad SMARTS) is 1. The van der Waals surface area contributed by atoms with Gasteiger partial charge in [0.25, 0.3) is 0 Å². The van der Waals surface area contributed by atoms with Crippen molar-refractivity contribution < 1.29 is 14.7 Å². The molecule has 0 heterocycles. The number of carbonyl (C=O) groups excluding carboxylic acids is 1. The van der Waals surface area contributed by atoms with Crippen molar-refractivity contribution >= 4 is 12.0 Å². The highest BCUT2D eigenvalue weighted by Crippen LogP contribution is 2.26. The maximum Gasteiger partial charge on any atom is 0.317 e. The van der Waals surface area contributed by atoms with Gasteiger partial charge in [-0.15, -0.1) is 0 Å². The third kappa shape index (κ3) is 4.63. The van der Waals surface area contributed by atoms with E-state index >= 15 is 0 Å². The molecule has 2 amide bonds. The summed E-state index contributed by atoms with van der Waals surface area (Å²) in [6.07, 6.45) is 4.39. The minimum atomic E-state index is -0.889. The number of nitrogens with zero attached hydrogens (tertiary/aromatic N) is 1. The summed E-state index contributed by atoms with van der Waals surface area (Å²) in [5.74, 6) is -0.130. The number of carbonyl (C=O) groups is 2. The van der Waals surface area contributed by atoms with Crippen LogP contribution in [-0.4, -0.2) is 41.6 Å². The smallest absolute Gasteiger partial charge is 0.317 e. The number of urea groups is 1. The van der Waals surface area contributed by atoms with Gasteiger partial charge in [0.15, 0.2) is 0 Å². The second kappa shape index (κ2) is 6.47. The monoisotopic (exact) mass is 242 g/mol. The Labute approximate surface area is 102 Å². The Balaban J connectivity index is 2.28. The third-order valence-electron chi connectivity index (χ3n) is 3.47. The largest absolute Gasteiger partial charge is 0.481 e. The van der Waals surface area contributed by atoms with Gasteiger partial charge in [-0.05, 0) is 31.6 Å². The minimum Gasteiger partial charge on any atom is -0.481 e. The van der Waals surface area contributed by atoms with E-state index in [9.17, 15) is 9.59 Å². The number of hydrogen-bond acceptors (Lipinski definition) is 2. The summed E-state index contributed by atoms with van der Waals surface area (Å²) in [5, 5.41) is 11.1. The molecule has 0 aromatic rings. The predicted molar refractivity (Wildman–Crippen MR) is 64.8 cm³/mol. The molecule has 17 heavy (non-hydrogen) atoms. The van der Waals surface area contributed by atoms with Gasteiger partial charge in [0.2, 0.25) is 0 Å². The predicted octanol–water partition coefficient (Wildman–Crippen LogP) is 1.68. The Kier molecular flexibility index (Phi) is 5.25. The van der Waals surface area contributed by atoms with E-state index in [1.165, 1.54) is 0 Å². The fourth-order valence-electron chi connectivity index (χ4n) is 2.20. The molecule has 1 rings (SSSR count). The molecule has 0 bridgehead atoms. The lowest BCUT2D eigenvalue weighted by atomic mass is 9.87. The lowest BCUT2D eigenvalue weighted by molar-refractivity contribution is -0.136. The Morgan fingerprint density at radius 3 is 2.41 bits per heavy atom. The van der Waals surface area contributed by atoms with Crippen LogP contribution in [-0.2, 0) is 4.79 Å². The summed E-state index contributed by atoms with van der Waals surface area (Å²) in [7, 11) is 1.79. The van der Waals surface area contributed by atoms with Crippen molar-refractivity contribution in [3.05, 3.63) is 0 Å². The summed E-state index contributed by atoms with van der Waals surface area (Å²) < 4.78 is 0. The van der Waals surface area contributed by atoms with E-state index in [1.807, 2.05) is 0 Å². The summed E-state index contributed by atoms with van der Waals surface area (Å²) in [6.45, 7) is 2.44. The van der Waals surface area contributed by atoms with Crippen molar-refractivity contribution in [2.24, 2.45) is 5.92 Å². The zero-order valence-electron chi connectivity index (χ0n) is 10.6. The second-order valence-electron chi connectivity index (χ2n) is 4.90. The number of amides is 2. The maximum absolute atomic E-state index is 11.7. The third-order valence-corrected chi connectivity index (χ3v) is 3.47. The van der Waals surface area contributed by atoms with Gasteiger partial charge in [0.05, 0.1) is 6.42 Å². The van der Waals surface area contributed by atoms with Gasteiger partial charge < -0.3 is 15.3 Å². The molecule has 0 unspecified atom stereocenters. The summed E-state index contributed by atoms with van der Waals surface area (Å²) in [5.41, 5.74) is 0. The molecule has 1 fully saturated rings. The quantitative estimate of drug-likeness (QED) is 0.788. The molecule has 0 aromatic carbocycles. The summed E-state index contributed by atoms with van der Waals surface area (Å²) in [6, 6.07) is 0.141. The zero-order chi connectivity index (χ0) is 12.8. The first-order valence-electron chi connectivity index (χ1n) is 6.23. The normalized spacial score (nSPS) is 24.1. The minimum absolute atomic E-state index is 0.0265. The molecule has 0 atom stereocenters. The average molecular weight is 242 g/mol. The Morgan fingerprint density at radius 1 is 1.29 bits per heavy atom. The van der Waals surface area contributed by atoms with Crippen molar-refractivity contribution in [3.63, 3.8) is 0 Å². The van der Waals surface area contributed by atoms with Crippen LogP contribution in [0, 0.1) is 5.92 Å². The van der Waals surface area contributed by atoms with Crippen molar-refractivity contribution in [2.45, 2.75) is 45.1 Å². The number of nitrogens with one attached hydrogen (secondary N) is 1. The molecule has 1 aliphatic carbocycles. The first kappa shape index (κ1) is 13.8. The molecule has 0 saturated heterocycles. The molecule has 2 N–H and O–H groups in total. The van der Waals surface area contributed by atoms with Crippen molar-refractivity contribution in [1.29, 1.82) is 0 Å². The highest BCUT2D eigenvalue weighted by Gasteiger charge is 2.24. The van der Waals surface area contributed by atoms with E-state index in [-0.39, 0.29) is 19.0 Å². The Morgan fingerprint density at radius 2 is 1.88 bits per heavy atom. The number of aliphatic carboxylic acids is 1. The van der Waals surface area contributed by atoms with Gasteiger partial charge >= 0.3 is 12.0 Å². The van der Waals surface area contributed by atoms with Crippen LogP contribution in [0.2, 0.25) is 0 Å². The van der Waals surface area contributed by atoms with E-state index in [4.69, 9.17) is 5.11 Å². The van der Waals surface area contributed by atoms with Crippen molar-refractivity contribution in [2.75, 3.05) is 13.6 Å². The number of hydrogen-bond donors (Lipinski definition) is 2. The fraction of sp³-hybridized carbons (Fsp3) is 0.833. The van der Waals surface area contributed by atoms with E-state index in [0.29, 0.717) is 6.04 Å². The molecule has 0 aliphatic heterocycles. The Hall–Kier alpha value is -1.26. The van der Waals surface area contributed by atoms with Crippen LogP contribution < -0.4 is 5.32 Å². The highest BCUT2D eigenvalue weighted by molar-refractivity contribution is 5.75. The van der Waals surface area contributed by atoms with Crippen molar-refractivity contribution in [1.82, 2.24) is 10.2 Å². The van der Waals surface area contributed by atoms with E-state index in [2.05, 4.69) is 12.2 Å². The number of rotatable bonds is 4. The van der Waals surface area contributed by atoms with Crippen LogP contribution in [0.3, 0.4) is 0 Å². The van der Waals surface area contributed by atoms with Crippen LogP contribution in [0.5, 0.6) is 0 Å². The summed E-state index contributed by atoms with van der Waals surface area (Å²) >= 11 is 0. The molecule has 98 valence electrons. The van der Waals surface area contributed by atoms with Crippen LogP contribution in [0.15, 0.2) is 0 Å². The van der Waals surface area contributed by atoms with E-state index in [0.717, 1.165) is 31.6 Å². The molecule has 5 heteroatoms. The van der Waals surface area contributed by atoms with Crippen LogP contribution >= 0.6 is 0 Å². The van der Waals surface area contributed by atoms with Gasteiger partial charge in [-0.1, -0.05) is 6.92 Å². The highest BCUT2D eigenvalue weighted by atomic mass is 16.4. The van der Waals surface area contributed by atoms with Crippen LogP contribution in [0.1, 0.15) is 39.0 Å². The van der Waals surface area contributed by atoms with Gasteiger partial charge in [0, 0.05) is 19.6 Å². The standard InChI is InChI=1S/C12H22N2O3/c1-9-3-5-10(6-4-9)14(2)12(17)13-8-7-11(15)16/h9-10H,3-8H2,1-2H3,(H,13,17)(H,15,16). The van der Waals surface area contributed by atoms with Gasteiger partial charge in [-0.25, -0.2) is 4.79 Å². The van der Waals surface area contributed by atoms with Gasteiger partial charge in [-0.2, -0.15) is 0 Å². The average Bonchev–Trinajstić information content (AvgIpc) is 2.28. The summed E-state index contributed by atoms with van der Waals surface area (Å²) in [4.78, 5) is 23.8.